The summed E-state index contributed by atoms with van der Waals surface area (Å²) in [7, 11) is 0. The van der Waals surface area contributed by atoms with Crippen LogP contribution in [-0.4, -0.2) is 23.9 Å². The molecule has 0 heterocycles. The van der Waals surface area contributed by atoms with Gasteiger partial charge in [0.05, 0.1) is 17.9 Å². The highest BCUT2D eigenvalue weighted by Gasteiger charge is 2.11. The molecule has 0 fully saturated rings. The molecule has 16 heavy (non-hydrogen) atoms. The summed E-state index contributed by atoms with van der Waals surface area (Å²) < 4.78 is 5.56. The van der Waals surface area contributed by atoms with Crippen LogP contribution < -0.4 is 4.74 Å². The lowest BCUT2D eigenvalue weighted by atomic mass is 10.1. The van der Waals surface area contributed by atoms with Gasteiger partial charge in [-0.05, 0) is 24.3 Å². The van der Waals surface area contributed by atoms with Crippen LogP contribution in [0.4, 0.5) is 0 Å². The Kier molecular flexibility index (Phi) is 6.01. The molecule has 1 aromatic rings. The molecule has 3 heteroatoms. The van der Waals surface area contributed by atoms with Crippen molar-refractivity contribution in [3.8, 4) is 5.75 Å². The van der Waals surface area contributed by atoms with Crippen LogP contribution in [0.5, 0.6) is 5.75 Å². The van der Waals surface area contributed by atoms with Crippen molar-refractivity contribution >= 4 is 17.5 Å². The molecule has 2 nitrogen and oxygen atoms in total. The number of hydrogen-bond acceptors (Lipinski definition) is 3. The van der Waals surface area contributed by atoms with Crippen LogP contribution in [0.25, 0.3) is 0 Å². The predicted octanol–water partition coefficient (Wildman–Crippen LogP) is 3.41. The topological polar surface area (TPSA) is 26.3 Å². The summed E-state index contributed by atoms with van der Waals surface area (Å²) in [6.07, 6.45) is 0.951. The van der Waals surface area contributed by atoms with Gasteiger partial charge in [0.15, 0.2) is 5.78 Å². The number of ether oxygens (including phenoxy) is 1. The molecule has 0 aliphatic rings. The van der Waals surface area contributed by atoms with Crippen molar-refractivity contribution in [3.05, 3.63) is 29.8 Å². The largest absolute Gasteiger partial charge is 0.493 e. The number of Topliss-reactive ketones (excluding diaryl/α,β-unsaturated/α-hetero) is 1. The smallest absolute Gasteiger partial charge is 0.176 e. The van der Waals surface area contributed by atoms with Gasteiger partial charge in [0.25, 0.3) is 0 Å². The Morgan fingerprint density at radius 3 is 2.75 bits per heavy atom. The maximum absolute atomic E-state index is 11.9. The molecule has 0 radical (unpaired) electrons. The van der Waals surface area contributed by atoms with Crippen LogP contribution in [0.1, 0.15) is 30.6 Å². The van der Waals surface area contributed by atoms with Gasteiger partial charge in [-0.3, -0.25) is 4.79 Å². The zero-order valence-electron chi connectivity index (χ0n) is 9.86. The molecule has 0 unspecified atom stereocenters. The minimum atomic E-state index is 0.151. The lowest BCUT2D eigenvalue weighted by Gasteiger charge is -2.09. The van der Waals surface area contributed by atoms with Gasteiger partial charge in [-0.2, -0.15) is 11.8 Å². The molecule has 0 bridgehead atoms. The number of carbonyl (C=O) groups excluding carboxylic acids is 1. The number of ketones is 1. The van der Waals surface area contributed by atoms with Gasteiger partial charge in [-0.25, -0.2) is 0 Å². The summed E-state index contributed by atoms with van der Waals surface area (Å²) in [5.41, 5.74) is 0.705. The van der Waals surface area contributed by atoms with Gasteiger partial charge in [-0.1, -0.05) is 26.0 Å². The minimum absolute atomic E-state index is 0.151. The Balaban J connectivity index is 2.73. The zero-order valence-corrected chi connectivity index (χ0v) is 10.7. The third-order valence-corrected chi connectivity index (χ3v) is 2.96. The number of rotatable bonds is 7. The molecular formula is C13H18O2S. The molecule has 0 saturated carbocycles. The van der Waals surface area contributed by atoms with Gasteiger partial charge in [0, 0.05) is 0 Å². The van der Waals surface area contributed by atoms with E-state index in [0.717, 1.165) is 12.2 Å². The van der Waals surface area contributed by atoms with Crippen LogP contribution in [0, 0.1) is 0 Å². The van der Waals surface area contributed by atoms with E-state index in [4.69, 9.17) is 4.74 Å². The van der Waals surface area contributed by atoms with E-state index in [2.05, 4.69) is 13.8 Å². The van der Waals surface area contributed by atoms with Crippen molar-refractivity contribution in [1.29, 1.82) is 0 Å². The summed E-state index contributed by atoms with van der Waals surface area (Å²) in [5, 5.41) is 0. The first-order valence-electron chi connectivity index (χ1n) is 5.62. The average molecular weight is 238 g/mol. The van der Waals surface area contributed by atoms with E-state index in [-0.39, 0.29) is 5.78 Å². The fourth-order valence-electron chi connectivity index (χ4n) is 1.31. The van der Waals surface area contributed by atoms with Crippen molar-refractivity contribution in [1.82, 2.24) is 0 Å². The lowest BCUT2D eigenvalue weighted by Crippen LogP contribution is -2.07. The molecule has 0 aromatic heterocycles. The SMILES string of the molecule is CCCOc1ccccc1C(=O)CSCC. The summed E-state index contributed by atoms with van der Waals surface area (Å²) in [4.78, 5) is 11.9. The molecule has 1 aromatic carbocycles. The molecule has 0 aliphatic heterocycles. The second kappa shape index (κ2) is 7.34. The number of hydrogen-bond donors (Lipinski definition) is 0. The molecule has 0 spiro atoms. The van der Waals surface area contributed by atoms with Gasteiger partial charge >= 0.3 is 0 Å². The Labute approximate surface area is 101 Å². The normalized spacial score (nSPS) is 10.1. The van der Waals surface area contributed by atoms with Crippen LogP contribution in [0.3, 0.4) is 0 Å². The Hall–Kier alpha value is -0.960. The van der Waals surface area contributed by atoms with Crippen molar-refractivity contribution in [2.24, 2.45) is 0 Å². The molecule has 0 aliphatic carbocycles. The summed E-state index contributed by atoms with van der Waals surface area (Å²) in [6, 6.07) is 7.47. The maximum Gasteiger partial charge on any atom is 0.176 e. The second-order valence-electron chi connectivity index (χ2n) is 3.40. The average Bonchev–Trinajstić information content (AvgIpc) is 2.33. The highest BCUT2D eigenvalue weighted by Crippen LogP contribution is 2.20. The first-order valence-corrected chi connectivity index (χ1v) is 6.77. The fraction of sp³-hybridized carbons (Fsp3) is 0.462. The standard InChI is InChI=1S/C13H18O2S/c1-3-9-15-13-8-6-5-7-11(13)12(14)10-16-4-2/h5-8H,3-4,9-10H2,1-2H3. The summed E-state index contributed by atoms with van der Waals surface area (Å²) in [6.45, 7) is 4.76. The molecular weight excluding hydrogens is 220 g/mol. The van der Waals surface area contributed by atoms with Crippen LogP contribution in [-0.2, 0) is 0 Å². The third kappa shape index (κ3) is 3.89. The number of benzene rings is 1. The third-order valence-electron chi connectivity index (χ3n) is 2.09. The highest BCUT2D eigenvalue weighted by atomic mass is 32.2. The van der Waals surface area contributed by atoms with Gasteiger partial charge in [-0.15, -0.1) is 0 Å². The molecule has 0 saturated heterocycles. The summed E-state index contributed by atoms with van der Waals surface area (Å²) in [5.74, 6) is 2.36. The van der Waals surface area contributed by atoms with Crippen molar-refractivity contribution in [2.45, 2.75) is 20.3 Å². The Morgan fingerprint density at radius 2 is 2.06 bits per heavy atom. The first kappa shape index (κ1) is 13.1. The van der Waals surface area contributed by atoms with Gasteiger partial charge < -0.3 is 4.74 Å². The Bertz CT molecular complexity index is 336. The van der Waals surface area contributed by atoms with E-state index in [1.807, 2.05) is 24.3 Å². The van der Waals surface area contributed by atoms with Gasteiger partial charge in [0.1, 0.15) is 5.75 Å². The van der Waals surface area contributed by atoms with E-state index in [9.17, 15) is 4.79 Å². The van der Waals surface area contributed by atoms with E-state index in [1.54, 1.807) is 11.8 Å². The van der Waals surface area contributed by atoms with Crippen molar-refractivity contribution < 1.29 is 9.53 Å². The van der Waals surface area contributed by atoms with E-state index in [0.29, 0.717) is 23.7 Å². The van der Waals surface area contributed by atoms with Gasteiger partial charge in [0.2, 0.25) is 0 Å². The van der Waals surface area contributed by atoms with E-state index >= 15 is 0 Å². The molecule has 88 valence electrons. The molecule has 0 N–H and O–H groups in total. The minimum Gasteiger partial charge on any atom is -0.493 e. The lowest BCUT2D eigenvalue weighted by molar-refractivity contribution is 0.101. The maximum atomic E-state index is 11.9. The zero-order chi connectivity index (χ0) is 11.8. The first-order chi connectivity index (χ1) is 7.79. The van der Waals surface area contributed by atoms with Crippen LogP contribution >= 0.6 is 11.8 Å². The molecule has 0 atom stereocenters. The quantitative estimate of drug-likeness (QED) is 0.681. The predicted molar refractivity (Wildman–Crippen MR) is 69.6 cm³/mol. The molecule has 0 amide bonds. The monoisotopic (exact) mass is 238 g/mol. The van der Waals surface area contributed by atoms with E-state index < -0.39 is 0 Å². The Morgan fingerprint density at radius 1 is 1.31 bits per heavy atom. The fourth-order valence-corrected chi connectivity index (χ4v) is 1.85. The second-order valence-corrected chi connectivity index (χ2v) is 4.68. The highest BCUT2D eigenvalue weighted by molar-refractivity contribution is 7.99. The van der Waals surface area contributed by atoms with Crippen LogP contribution in [0.15, 0.2) is 24.3 Å². The number of thioether (sulfide) groups is 1. The van der Waals surface area contributed by atoms with E-state index in [1.165, 1.54) is 0 Å². The van der Waals surface area contributed by atoms with Crippen LogP contribution in [0.2, 0.25) is 0 Å². The van der Waals surface area contributed by atoms with Crippen molar-refractivity contribution in [3.63, 3.8) is 0 Å². The van der Waals surface area contributed by atoms with Crippen molar-refractivity contribution in [2.75, 3.05) is 18.1 Å². The number of carbonyl (C=O) groups is 1. The number of para-hydroxylation sites is 1. The molecule has 1 rings (SSSR count). The summed E-state index contributed by atoms with van der Waals surface area (Å²) >= 11 is 1.64.